The van der Waals surface area contributed by atoms with Gasteiger partial charge >= 0.3 is 5.97 Å². The standard InChI is InChI=1S/C13H12F2N2O3/c1-6-4-9(11(15)5-10(6)14)13(18)19-7(2)12-17-16-8(3)20-12/h4-5,7H,1-3H3/t7-/m1/s1. The average Bonchev–Trinajstić information content (AvgIpc) is 2.80. The Balaban J connectivity index is 2.18. The number of halogens is 2. The molecule has 1 aromatic heterocycles. The van der Waals surface area contributed by atoms with Crippen LogP contribution in [0.15, 0.2) is 16.5 Å². The van der Waals surface area contributed by atoms with Crippen molar-refractivity contribution in [3.05, 3.63) is 46.7 Å². The number of esters is 1. The first-order valence-electron chi connectivity index (χ1n) is 5.85. The summed E-state index contributed by atoms with van der Waals surface area (Å²) >= 11 is 0. The third-order valence-electron chi connectivity index (χ3n) is 2.64. The summed E-state index contributed by atoms with van der Waals surface area (Å²) in [6, 6.07) is 1.74. The first kappa shape index (κ1) is 14.1. The Kier molecular flexibility index (Phi) is 3.78. The molecule has 1 aromatic carbocycles. The normalized spacial score (nSPS) is 12.2. The largest absolute Gasteiger partial charge is 0.449 e. The average molecular weight is 282 g/mol. The molecule has 20 heavy (non-hydrogen) atoms. The van der Waals surface area contributed by atoms with E-state index in [0.29, 0.717) is 12.0 Å². The Hall–Kier alpha value is -2.31. The van der Waals surface area contributed by atoms with Crippen LogP contribution in [0.5, 0.6) is 0 Å². The fourth-order valence-electron chi connectivity index (χ4n) is 1.56. The van der Waals surface area contributed by atoms with Gasteiger partial charge in [-0.05, 0) is 25.5 Å². The molecular weight excluding hydrogens is 270 g/mol. The predicted octanol–water partition coefficient (Wildman–Crippen LogP) is 2.88. The van der Waals surface area contributed by atoms with E-state index in [1.807, 2.05) is 0 Å². The van der Waals surface area contributed by atoms with Crippen molar-refractivity contribution in [1.29, 1.82) is 0 Å². The summed E-state index contributed by atoms with van der Waals surface area (Å²) < 4.78 is 36.8. The van der Waals surface area contributed by atoms with Gasteiger partial charge in [-0.25, -0.2) is 13.6 Å². The number of hydrogen-bond acceptors (Lipinski definition) is 5. The highest BCUT2D eigenvalue weighted by atomic mass is 19.1. The van der Waals surface area contributed by atoms with Crippen LogP contribution in [0.2, 0.25) is 0 Å². The highest BCUT2D eigenvalue weighted by molar-refractivity contribution is 5.90. The molecule has 0 fully saturated rings. The number of hydrogen-bond donors (Lipinski definition) is 0. The van der Waals surface area contributed by atoms with E-state index in [2.05, 4.69) is 10.2 Å². The monoisotopic (exact) mass is 282 g/mol. The number of rotatable bonds is 3. The van der Waals surface area contributed by atoms with E-state index in [-0.39, 0.29) is 17.0 Å². The van der Waals surface area contributed by atoms with Gasteiger partial charge in [-0.1, -0.05) is 0 Å². The number of aromatic nitrogens is 2. The summed E-state index contributed by atoms with van der Waals surface area (Å²) in [7, 11) is 0. The van der Waals surface area contributed by atoms with Crippen LogP contribution in [0.25, 0.3) is 0 Å². The molecule has 106 valence electrons. The van der Waals surface area contributed by atoms with Gasteiger partial charge in [0, 0.05) is 13.0 Å². The topological polar surface area (TPSA) is 65.2 Å². The molecule has 0 saturated heterocycles. The van der Waals surface area contributed by atoms with Gasteiger partial charge in [0.2, 0.25) is 5.89 Å². The molecule has 5 nitrogen and oxygen atoms in total. The van der Waals surface area contributed by atoms with Crippen LogP contribution in [0.3, 0.4) is 0 Å². The van der Waals surface area contributed by atoms with Gasteiger partial charge in [-0.3, -0.25) is 0 Å². The molecule has 0 N–H and O–H groups in total. The van der Waals surface area contributed by atoms with Crippen LogP contribution < -0.4 is 0 Å². The lowest BCUT2D eigenvalue weighted by Crippen LogP contribution is -2.12. The highest BCUT2D eigenvalue weighted by Gasteiger charge is 2.21. The molecule has 2 rings (SSSR count). The molecular formula is C13H12F2N2O3. The lowest BCUT2D eigenvalue weighted by molar-refractivity contribution is 0.0271. The highest BCUT2D eigenvalue weighted by Crippen LogP contribution is 2.20. The fourth-order valence-corrected chi connectivity index (χ4v) is 1.56. The van der Waals surface area contributed by atoms with E-state index in [9.17, 15) is 13.6 Å². The Morgan fingerprint density at radius 2 is 1.95 bits per heavy atom. The van der Waals surface area contributed by atoms with Gasteiger partial charge in [0.15, 0.2) is 6.10 Å². The van der Waals surface area contributed by atoms with Gasteiger partial charge in [0.25, 0.3) is 5.89 Å². The maximum absolute atomic E-state index is 13.5. The first-order valence-corrected chi connectivity index (χ1v) is 5.85. The van der Waals surface area contributed by atoms with E-state index >= 15 is 0 Å². The summed E-state index contributed by atoms with van der Waals surface area (Å²) in [5.74, 6) is -2.19. The summed E-state index contributed by atoms with van der Waals surface area (Å²) in [5.41, 5.74) is -0.188. The first-order chi connectivity index (χ1) is 9.38. The quantitative estimate of drug-likeness (QED) is 0.810. The van der Waals surface area contributed by atoms with Gasteiger partial charge in [-0.15, -0.1) is 10.2 Å². The van der Waals surface area contributed by atoms with Gasteiger partial charge < -0.3 is 9.15 Å². The molecule has 7 heteroatoms. The van der Waals surface area contributed by atoms with Gasteiger partial charge in [0.1, 0.15) is 11.6 Å². The summed E-state index contributed by atoms with van der Waals surface area (Å²) in [5, 5.41) is 7.30. The second kappa shape index (κ2) is 5.36. The van der Waals surface area contributed by atoms with Crippen LogP contribution in [0.1, 0.15) is 40.7 Å². The molecule has 1 heterocycles. The van der Waals surface area contributed by atoms with Gasteiger partial charge in [-0.2, -0.15) is 0 Å². The van der Waals surface area contributed by atoms with Gasteiger partial charge in [0.05, 0.1) is 5.56 Å². The molecule has 2 aromatic rings. The van der Waals surface area contributed by atoms with E-state index in [4.69, 9.17) is 9.15 Å². The lowest BCUT2D eigenvalue weighted by Gasteiger charge is -2.10. The lowest BCUT2D eigenvalue weighted by atomic mass is 10.1. The number of ether oxygens (including phenoxy) is 1. The van der Waals surface area contributed by atoms with Crippen LogP contribution in [0, 0.1) is 25.5 Å². The summed E-state index contributed by atoms with van der Waals surface area (Å²) in [4.78, 5) is 11.8. The second-order valence-electron chi connectivity index (χ2n) is 4.29. The minimum absolute atomic E-state index is 0.107. The molecule has 1 atom stereocenters. The van der Waals surface area contributed by atoms with Crippen LogP contribution in [-0.4, -0.2) is 16.2 Å². The molecule has 0 aliphatic carbocycles. The van der Waals surface area contributed by atoms with Crippen molar-refractivity contribution in [2.45, 2.75) is 26.9 Å². The van der Waals surface area contributed by atoms with Crippen molar-refractivity contribution in [1.82, 2.24) is 10.2 Å². The van der Waals surface area contributed by atoms with E-state index in [0.717, 1.165) is 6.07 Å². The minimum atomic E-state index is -0.980. The minimum Gasteiger partial charge on any atom is -0.449 e. The van der Waals surface area contributed by atoms with Crippen molar-refractivity contribution < 1.29 is 22.7 Å². The van der Waals surface area contributed by atoms with Crippen LogP contribution >= 0.6 is 0 Å². The molecule has 0 amide bonds. The zero-order valence-electron chi connectivity index (χ0n) is 11.1. The Morgan fingerprint density at radius 3 is 2.55 bits per heavy atom. The van der Waals surface area contributed by atoms with Crippen LogP contribution in [0.4, 0.5) is 8.78 Å². The molecule has 0 saturated carbocycles. The summed E-state index contributed by atoms with van der Waals surface area (Å²) in [6.07, 6.45) is -0.826. The van der Waals surface area contributed by atoms with Crippen molar-refractivity contribution in [3.63, 3.8) is 0 Å². The maximum atomic E-state index is 13.5. The second-order valence-corrected chi connectivity index (χ2v) is 4.29. The molecule has 0 unspecified atom stereocenters. The third-order valence-corrected chi connectivity index (χ3v) is 2.64. The van der Waals surface area contributed by atoms with Crippen LogP contribution in [-0.2, 0) is 4.74 Å². The molecule has 0 spiro atoms. The number of carbonyl (C=O) groups excluding carboxylic acids is 1. The number of carbonyl (C=O) groups is 1. The van der Waals surface area contributed by atoms with E-state index in [1.54, 1.807) is 6.92 Å². The summed E-state index contributed by atoms with van der Waals surface area (Å²) in [6.45, 7) is 4.53. The number of nitrogens with zero attached hydrogens (tertiary/aromatic N) is 2. The SMILES string of the molecule is Cc1nnc([C@@H](C)OC(=O)c2cc(C)c(F)cc2F)o1. The van der Waals surface area contributed by atoms with E-state index in [1.165, 1.54) is 13.8 Å². The predicted molar refractivity (Wildman–Crippen MR) is 64.0 cm³/mol. The molecule has 0 radical (unpaired) electrons. The molecule has 0 aliphatic heterocycles. The van der Waals surface area contributed by atoms with Crippen molar-refractivity contribution in [3.8, 4) is 0 Å². The third kappa shape index (κ3) is 2.81. The Morgan fingerprint density at radius 1 is 1.25 bits per heavy atom. The van der Waals surface area contributed by atoms with Crippen molar-refractivity contribution in [2.75, 3.05) is 0 Å². The fraction of sp³-hybridized carbons (Fsp3) is 0.308. The maximum Gasteiger partial charge on any atom is 0.341 e. The molecule has 0 bridgehead atoms. The number of aryl methyl sites for hydroxylation is 2. The van der Waals surface area contributed by atoms with Crippen molar-refractivity contribution in [2.24, 2.45) is 0 Å². The zero-order valence-corrected chi connectivity index (χ0v) is 11.1. The Bertz CT molecular complexity index is 655. The smallest absolute Gasteiger partial charge is 0.341 e. The number of benzene rings is 1. The Labute approximate surface area is 113 Å². The molecule has 0 aliphatic rings. The van der Waals surface area contributed by atoms with E-state index < -0.39 is 23.7 Å². The zero-order chi connectivity index (χ0) is 14.9. The van der Waals surface area contributed by atoms with Crippen molar-refractivity contribution >= 4 is 5.97 Å².